The molecule has 0 saturated carbocycles. The lowest BCUT2D eigenvalue weighted by molar-refractivity contribution is 0.220. The van der Waals surface area contributed by atoms with Gasteiger partial charge in [0.25, 0.3) is 0 Å². The molecule has 1 aliphatic heterocycles. The summed E-state index contributed by atoms with van der Waals surface area (Å²) in [6, 6.07) is 4.50. The summed E-state index contributed by atoms with van der Waals surface area (Å²) >= 11 is 5.96. The van der Waals surface area contributed by atoms with Crippen molar-refractivity contribution in [2.45, 2.75) is 13.0 Å². The second kappa shape index (κ2) is 5.13. The predicted octanol–water partition coefficient (Wildman–Crippen LogP) is 2.29. The largest absolute Gasteiger partial charge is 0.396 e. The van der Waals surface area contributed by atoms with Crippen LogP contribution >= 0.6 is 11.6 Å². The molecule has 1 aliphatic rings. The smallest absolute Gasteiger partial charge is 0.124 e. The molecule has 0 radical (unpaired) electrons. The van der Waals surface area contributed by atoms with Gasteiger partial charge < -0.3 is 5.11 Å². The highest BCUT2D eigenvalue weighted by atomic mass is 35.5. The number of benzene rings is 1. The number of hydrogen-bond donors (Lipinski definition) is 1. The summed E-state index contributed by atoms with van der Waals surface area (Å²) < 4.78 is 12.8. The van der Waals surface area contributed by atoms with Gasteiger partial charge in [0.05, 0.1) is 0 Å². The molecule has 0 unspecified atom stereocenters. The maximum atomic E-state index is 12.8. The summed E-state index contributed by atoms with van der Waals surface area (Å²) in [6.45, 7) is 2.84. The Morgan fingerprint density at radius 3 is 2.94 bits per heavy atom. The van der Waals surface area contributed by atoms with Crippen LogP contribution in [-0.4, -0.2) is 29.7 Å². The van der Waals surface area contributed by atoms with Gasteiger partial charge in [-0.05, 0) is 36.6 Å². The minimum Gasteiger partial charge on any atom is -0.396 e. The molecule has 0 spiro atoms. The van der Waals surface area contributed by atoms with Crippen LogP contribution in [-0.2, 0) is 6.54 Å². The highest BCUT2D eigenvalue weighted by molar-refractivity contribution is 6.31. The third-order valence-electron chi connectivity index (χ3n) is 3.04. The Kier molecular flexibility index (Phi) is 3.79. The summed E-state index contributed by atoms with van der Waals surface area (Å²) in [5, 5.41) is 9.52. The molecule has 1 atom stereocenters. The average molecular weight is 244 g/mol. The van der Waals surface area contributed by atoms with Crippen LogP contribution in [0.3, 0.4) is 0 Å². The molecular formula is C12H15ClFNO. The third-order valence-corrected chi connectivity index (χ3v) is 3.39. The zero-order valence-electron chi connectivity index (χ0n) is 9.00. The summed E-state index contributed by atoms with van der Waals surface area (Å²) in [6.07, 6.45) is 1.02. The van der Waals surface area contributed by atoms with Crippen molar-refractivity contribution < 1.29 is 9.50 Å². The highest BCUT2D eigenvalue weighted by Gasteiger charge is 2.22. The topological polar surface area (TPSA) is 23.5 Å². The van der Waals surface area contributed by atoms with Crippen LogP contribution in [0.2, 0.25) is 5.02 Å². The average Bonchev–Trinajstić information content (AvgIpc) is 2.70. The van der Waals surface area contributed by atoms with Gasteiger partial charge in [0.1, 0.15) is 5.82 Å². The van der Waals surface area contributed by atoms with E-state index >= 15 is 0 Å². The van der Waals surface area contributed by atoms with Gasteiger partial charge in [0, 0.05) is 24.7 Å². The maximum absolute atomic E-state index is 12.8. The fraction of sp³-hybridized carbons (Fsp3) is 0.500. The van der Waals surface area contributed by atoms with Gasteiger partial charge in [0.2, 0.25) is 0 Å². The van der Waals surface area contributed by atoms with Gasteiger partial charge in [-0.1, -0.05) is 17.7 Å². The van der Waals surface area contributed by atoms with E-state index in [0.717, 1.165) is 31.6 Å². The van der Waals surface area contributed by atoms with E-state index in [4.69, 9.17) is 16.7 Å². The number of nitrogens with zero attached hydrogens (tertiary/aromatic N) is 1. The van der Waals surface area contributed by atoms with Gasteiger partial charge in [0.15, 0.2) is 0 Å². The first-order chi connectivity index (χ1) is 7.69. The molecule has 1 saturated heterocycles. The van der Waals surface area contributed by atoms with E-state index in [9.17, 15) is 4.39 Å². The zero-order chi connectivity index (χ0) is 11.5. The van der Waals surface area contributed by atoms with Crippen LogP contribution < -0.4 is 0 Å². The minimum absolute atomic E-state index is 0.244. The normalized spacial score (nSPS) is 21.6. The molecule has 2 rings (SSSR count). The molecule has 2 nitrogen and oxygen atoms in total. The van der Waals surface area contributed by atoms with Crippen molar-refractivity contribution in [2.75, 3.05) is 19.7 Å². The van der Waals surface area contributed by atoms with Crippen LogP contribution in [0, 0.1) is 11.7 Å². The summed E-state index contributed by atoms with van der Waals surface area (Å²) in [7, 11) is 0. The maximum Gasteiger partial charge on any atom is 0.124 e. The molecular weight excluding hydrogens is 229 g/mol. The second-order valence-electron chi connectivity index (χ2n) is 4.31. The molecule has 0 aromatic heterocycles. The van der Waals surface area contributed by atoms with E-state index in [1.807, 2.05) is 0 Å². The summed E-state index contributed by atoms with van der Waals surface area (Å²) in [4.78, 5) is 2.24. The van der Waals surface area contributed by atoms with Crippen molar-refractivity contribution in [1.29, 1.82) is 0 Å². The van der Waals surface area contributed by atoms with Crippen LogP contribution in [0.25, 0.3) is 0 Å². The summed E-state index contributed by atoms with van der Waals surface area (Å²) in [5.41, 5.74) is 0.946. The minimum atomic E-state index is -0.302. The van der Waals surface area contributed by atoms with E-state index in [0.29, 0.717) is 10.9 Å². The Morgan fingerprint density at radius 2 is 2.31 bits per heavy atom. The van der Waals surface area contributed by atoms with Crippen molar-refractivity contribution in [3.8, 4) is 0 Å². The highest BCUT2D eigenvalue weighted by Crippen LogP contribution is 2.22. The van der Waals surface area contributed by atoms with E-state index in [1.165, 1.54) is 12.1 Å². The molecule has 88 valence electrons. The lowest BCUT2D eigenvalue weighted by atomic mass is 10.1. The number of likely N-dealkylation sites (tertiary alicyclic amines) is 1. The quantitative estimate of drug-likeness (QED) is 0.881. The first kappa shape index (κ1) is 11.8. The lowest BCUT2D eigenvalue weighted by Crippen LogP contribution is -2.21. The first-order valence-corrected chi connectivity index (χ1v) is 5.84. The fourth-order valence-corrected chi connectivity index (χ4v) is 2.32. The van der Waals surface area contributed by atoms with Crippen LogP contribution in [0.5, 0.6) is 0 Å². The number of aliphatic hydroxyl groups excluding tert-OH is 1. The monoisotopic (exact) mass is 243 g/mol. The van der Waals surface area contributed by atoms with Gasteiger partial charge >= 0.3 is 0 Å². The van der Waals surface area contributed by atoms with Crippen molar-refractivity contribution in [3.05, 3.63) is 34.6 Å². The number of hydrogen-bond acceptors (Lipinski definition) is 2. The molecule has 1 aromatic rings. The zero-order valence-corrected chi connectivity index (χ0v) is 9.75. The van der Waals surface area contributed by atoms with Gasteiger partial charge in [-0.15, -0.1) is 0 Å². The first-order valence-electron chi connectivity index (χ1n) is 5.46. The molecule has 1 fully saturated rings. The molecule has 16 heavy (non-hydrogen) atoms. The Balaban J connectivity index is 1.99. The Hall–Kier alpha value is -0.640. The van der Waals surface area contributed by atoms with Crippen molar-refractivity contribution >= 4 is 11.6 Å². The standard InChI is InChI=1S/C12H15ClFNO/c13-12-5-11(14)2-1-10(12)7-15-4-3-9(6-15)8-16/h1-2,5,9,16H,3-4,6-8H2/t9-/m1/s1. The van der Waals surface area contributed by atoms with Crippen LogP contribution in [0.1, 0.15) is 12.0 Å². The lowest BCUT2D eigenvalue weighted by Gasteiger charge is -2.16. The fourth-order valence-electron chi connectivity index (χ4n) is 2.10. The SMILES string of the molecule is OC[C@@H]1CCN(Cc2ccc(F)cc2Cl)C1. The van der Waals surface area contributed by atoms with Gasteiger partial charge in [-0.25, -0.2) is 4.39 Å². The van der Waals surface area contributed by atoms with Crippen LogP contribution in [0.15, 0.2) is 18.2 Å². The third kappa shape index (κ3) is 2.73. The molecule has 4 heteroatoms. The number of halogens is 2. The second-order valence-corrected chi connectivity index (χ2v) is 4.72. The Morgan fingerprint density at radius 1 is 1.50 bits per heavy atom. The number of rotatable bonds is 3. The van der Waals surface area contributed by atoms with Gasteiger partial charge in [-0.3, -0.25) is 4.90 Å². The van der Waals surface area contributed by atoms with E-state index < -0.39 is 0 Å². The number of aliphatic hydroxyl groups is 1. The molecule has 0 amide bonds. The van der Waals surface area contributed by atoms with Gasteiger partial charge in [-0.2, -0.15) is 0 Å². The Bertz CT molecular complexity index is 372. The van der Waals surface area contributed by atoms with Crippen LogP contribution in [0.4, 0.5) is 4.39 Å². The summed E-state index contributed by atoms with van der Waals surface area (Å²) in [5.74, 6) is 0.0719. The van der Waals surface area contributed by atoms with Crippen molar-refractivity contribution in [3.63, 3.8) is 0 Å². The van der Waals surface area contributed by atoms with E-state index in [2.05, 4.69) is 4.90 Å². The van der Waals surface area contributed by atoms with E-state index in [-0.39, 0.29) is 12.4 Å². The van der Waals surface area contributed by atoms with E-state index in [1.54, 1.807) is 6.07 Å². The van der Waals surface area contributed by atoms with Crippen molar-refractivity contribution in [2.24, 2.45) is 5.92 Å². The molecule has 1 N–H and O–H groups in total. The molecule has 1 aromatic carbocycles. The molecule has 0 aliphatic carbocycles. The Labute approximate surface area is 99.6 Å². The predicted molar refractivity (Wildman–Crippen MR) is 61.9 cm³/mol. The van der Waals surface area contributed by atoms with Crippen molar-refractivity contribution in [1.82, 2.24) is 4.90 Å². The molecule has 0 bridgehead atoms. The molecule has 1 heterocycles.